The highest BCUT2D eigenvalue weighted by Crippen LogP contribution is 2.28. The van der Waals surface area contributed by atoms with E-state index in [1.165, 1.54) is 20.3 Å². The molecular weight excluding hydrogens is 240 g/mol. The zero-order valence-electron chi connectivity index (χ0n) is 10.1. The summed E-state index contributed by atoms with van der Waals surface area (Å²) in [7, 11) is 2.84. The zero-order valence-corrected chi connectivity index (χ0v) is 10.1. The Kier molecular flexibility index (Phi) is 5.24. The molecule has 0 fully saturated rings. The number of carboxylic acids is 1. The first-order valence-electron chi connectivity index (χ1n) is 5.26. The fraction of sp³-hybridized carbons (Fsp3) is 0.417. The Morgan fingerprint density at radius 1 is 1.11 bits per heavy atom. The Morgan fingerprint density at radius 3 is 2.06 bits per heavy atom. The molecule has 0 radical (unpaired) electrons. The smallest absolute Gasteiger partial charge is 0.335 e. The van der Waals surface area contributed by atoms with Crippen molar-refractivity contribution in [3.8, 4) is 0 Å². The van der Waals surface area contributed by atoms with Gasteiger partial charge in [-0.25, -0.2) is 4.79 Å². The van der Waals surface area contributed by atoms with E-state index >= 15 is 0 Å². The molecule has 6 nitrogen and oxygen atoms in total. The first-order chi connectivity index (χ1) is 8.52. The topological polar surface area (TPSA) is 96.2 Å². The van der Waals surface area contributed by atoms with Crippen LogP contribution >= 0.6 is 0 Å². The average molecular weight is 256 g/mol. The molecule has 100 valence electrons. The highest BCUT2D eigenvalue weighted by atomic mass is 16.7. The second-order valence-corrected chi connectivity index (χ2v) is 3.66. The summed E-state index contributed by atoms with van der Waals surface area (Å²) in [6.07, 6.45) is -4.19. The van der Waals surface area contributed by atoms with Crippen molar-refractivity contribution in [1.82, 2.24) is 0 Å². The highest BCUT2D eigenvalue weighted by Gasteiger charge is 2.28. The number of aliphatic carboxylic acids is 1. The molecule has 0 aromatic heterocycles. The Morgan fingerprint density at radius 2 is 1.61 bits per heavy atom. The van der Waals surface area contributed by atoms with Crippen LogP contribution in [0.25, 0.3) is 0 Å². The molecule has 2 unspecified atom stereocenters. The third kappa shape index (κ3) is 3.05. The molecule has 0 aliphatic carbocycles. The summed E-state index contributed by atoms with van der Waals surface area (Å²) in [5, 5.41) is 27.9. The van der Waals surface area contributed by atoms with Gasteiger partial charge in [-0.05, 0) is 5.56 Å². The third-order valence-electron chi connectivity index (χ3n) is 2.55. The third-order valence-corrected chi connectivity index (χ3v) is 2.55. The number of carboxylic acid groups (broad SMARTS) is 1. The predicted molar refractivity (Wildman–Crippen MR) is 61.8 cm³/mol. The van der Waals surface area contributed by atoms with Gasteiger partial charge >= 0.3 is 5.97 Å². The molecule has 1 aromatic carbocycles. The average Bonchev–Trinajstić information content (AvgIpc) is 2.39. The van der Waals surface area contributed by atoms with Crippen molar-refractivity contribution in [3.63, 3.8) is 0 Å². The van der Waals surface area contributed by atoms with Gasteiger partial charge in [-0.15, -0.1) is 0 Å². The van der Waals surface area contributed by atoms with Gasteiger partial charge in [0, 0.05) is 19.8 Å². The molecule has 1 aromatic rings. The molecular formula is C12H16O6. The van der Waals surface area contributed by atoms with Crippen LogP contribution in [0.1, 0.15) is 23.5 Å². The molecule has 2 atom stereocenters. The summed E-state index contributed by atoms with van der Waals surface area (Å²) in [5.41, 5.74) is 0.719. The number of carbonyl (C=O) groups is 1. The standard InChI is InChI=1S/C12H16O6/c1-17-12(18-2)8-6-4-3-5-7(8)9(13)10(14)11(15)16/h3-6,9-10,12-14H,1-2H3,(H,15,16). The minimum Gasteiger partial charge on any atom is -0.479 e. The minimum atomic E-state index is -1.90. The normalized spacial score (nSPS) is 14.5. The van der Waals surface area contributed by atoms with Crippen molar-refractivity contribution in [3.05, 3.63) is 35.4 Å². The Balaban J connectivity index is 3.12. The molecule has 0 saturated carbocycles. The molecule has 6 heteroatoms. The van der Waals surface area contributed by atoms with E-state index in [0.717, 1.165) is 0 Å². The summed E-state index contributed by atoms with van der Waals surface area (Å²) in [5.74, 6) is -1.50. The summed E-state index contributed by atoms with van der Waals surface area (Å²) in [4.78, 5) is 10.7. The van der Waals surface area contributed by atoms with Crippen molar-refractivity contribution >= 4 is 5.97 Å². The summed E-state index contributed by atoms with van der Waals surface area (Å²) >= 11 is 0. The number of benzene rings is 1. The maximum Gasteiger partial charge on any atom is 0.335 e. The quantitative estimate of drug-likeness (QED) is 0.640. The van der Waals surface area contributed by atoms with E-state index in [9.17, 15) is 15.0 Å². The number of hydrogen-bond donors (Lipinski definition) is 3. The molecule has 0 saturated heterocycles. The summed E-state index contributed by atoms with van der Waals surface area (Å²) in [6, 6.07) is 6.46. The van der Waals surface area contributed by atoms with Crippen LogP contribution < -0.4 is 0 Å². The van der Waals surface area contributed by atoms with E-state index in [1.807, 2.05) is 0 Å². The largest absolute Gasteiger partial charge is 0.479 e. The van der Waals surface area contributed by atoms with Gasteiger partial charge in [0.1, 0.15) is 6.10 Å². The lowest BCUT2D eigenvalue weighted by Gasteiger charge is -2.22. The van der Waals surface area contributed by atoms with Crippen molar-refractivity contribution in [2.45, 2.75) is 18.5 Å². The number of aliphatic hydroxyl groups excluding tert-OH is 2. The van der Waals surface area contributed by atoms with Gasteiger partial charge in [0.05, 0.1) is 0 Å². The lowest BCUT2D eigenvalue weighted by Crippen LogP contribution is -2.28. The number of hydrogen-bond acceptors (Lipinski definition) is 5. The molecule has 0 amide bonds. The van der Waals surface area contributed by atoms with E-state index in [2.05, 4.69) is 0 Å². The molecule has 3 N–H and O–H groups in total. The molecule has 18 heavy (non-hydrogen) atoms. The monoisotopic (exact) mass is 256 g/mol. The fourth-order valence-electron chi connectivity index (χ4n) is 1.65. The van der Waals surface area contributed by atoms with Gasteiger partial charge in [-0.3, -0.25) is 0 Å². The van der Waals surface area contributed by atoms with Crippen LogP contribution in [-0.4, -0.2) is 41.6 Å². The first kappa shape index (κ1) is 14.6. The van der Waals surface area contributed by atoms with Crippen LogP contribution in [0.4, 0.5) is 0 Å². The number of rotatable bonds is 6. The van der Waals surface area contributed by atoms with Gasteiger partial charge in [0.2, 0.25) is 0 Å². The number of aliphatic hydroxyl groups is 2. The van der Waals surface area contributed by atoms with Gasteiger partial charge < -0.3 is 24.8 Å². The second-order valence-electron chi connectivity index (χ2n) is 3.66. The van der Waals surface area contributed by atoms with E-state index < -0.39 is 24.5 Å². The summed E-state index contributed by atoms with van der Waals surface area (Å²) in [6.45, 7) is 0. The summed E-state index contributed by atoms with van der Waals surface area (Å²) < 4.78 is 10.1. The maximum atomic E-state index is 10.7. The van der Waals surface area contributed by atoms with E-state index in [-0.39, 0.29) is 5.56 Å². The van der Waals surface area contributed by atoms with Crippen molar-refractivity contribution < 1.29 is 29.6 Å². The second kappa shape index (κ2) is 6.46. The minimum absolute atomic E-state index is 0.251. The molecule has 0 spiro atoms. The van der Waals surface area contributed by atoms with Crippen molar-refractivity contribution in [1.29, 1.82) is 0 Å². The highest BCUT2D eigenvalue weighted by molar-refractivity contribution is 5.73. The van der Waals surface area contributed by atoms with E-state index in [0.29, 0.717) is 5.56 Å². The van der Waals surface area contributed by atoms with Crippen LogP contribution in [0.15, 0.2) is 24.3 Å². The number of methoxy groups -OCH3 is 2. The van der Waals surface area contributed by atoms with Crippen LogP contribution in [0.3, 0.4) is 0 Å². The van der Waals surface area contributed by atoms with E-state index in [1.54, 1.807) is 18.2 Å². The Labute approximate surface area is 104 Å². The van der Waals surface area contributed by atoms with Crippen LogP contribution in [0, 0.1) is 0 Å². The van der Waals surface area contributed by atoms with Gasteiger partial charge in [0.25, 0.3) is 0 Å². The zero-order chi connectivity index (χ0) is 13.7. The SMILES string of the molecule is COC(OC)c1ccccc1C(O)C(O)C(=O)O. The lowest BCUT2D eigenvalue weighted by molar-refractivity contribution is -0.153. The van der Waals surface area contributed by atoms with Crippen LogP contribution in [-0.2, 0) is 14.3 Å². The van der Waals surface area contributed by atoms with Crippen molar-refractivity contribution in [2.24, 2.45) is 0 Å². The Hall–Kier alpha value is -1.47. The maximum absolute atomic E-state index is 10.7. The lowest BCUT2D eigenvalue weighted by atomic mass is 9.98. The van der Waals surface area contributed by atoms with Crippen molar-refractivity contribution in [2.75, 3.05) is 14.2 Å². The van der Waals surface area contributed by atoms with Gasteiger partial charge in [-0.1, -0.05) is 24.3 Å². The fourth-order valence-corrected chi connectivity index (χ4v) is 1.65. The Bertz CT molecular complexity index is 401. The first-order valence-corrected chi connectivity index (χ1v) is 5.26. The van der Waals surface area contributed by atoms with Gasteiger partial charge in [-0.2, -0.15) is 0 Å². The van der Waals surface area contributed by atoms with Gasteiger partial charge in [0.15, 0.2) is 12.4 Å². The molecule has 0 aliphatic heterocycles. The molecule has 0 aliphatic rings. The van der Waals surface area contributed by atoms with Crippen LogP contribution in [0.5, 0.6) is 0 Å². The van der Waals surface area contributed by atoms with E-state index in [4.69, 9.17) is 14.6 Å². The molecule has 0 bridgehead atoms. The predicted octanol–water partition coefficient (Wildman–Crippen LogP) is 0.457. The molecule has 0 heterocycles. The number of ether oxygens (including phenoxy) is 2. The van der Waals surface area contributed by atoms with Crippen LogP contribution in [0.2, 0.25) is 0 Å². The molecule has 1 rings (SSSR count).